The average molecular weight is 538 g/mol. The van der Waals surface area contributed by atoms with Gasteiger partial charge in [-0.15, -0.1) is 0 Å². The molecule has 0 bridgehead atoms. The summed E-state index contributed by atoms with van der Waals surface area (Å²) in [4.78, 5) is 50.1. The van der Waals surface area contributed by atoms with Crippen molar-refractivity contribution in [2.24, 2.45) is 0 Å². The monoisotopic (exact) mass is 536 g/mol. The number of carbonyl (C=O) groups is 4. The molecule has 3 rings (SSSR count). The zero-order valence-corrected chi connectivity index (χ0v) is 20.1. The van der Waals surface area contributed by atoms with E-state index in [0.29, 0.717) is 15.1 Å². The van der Waals surface area contributed by atoms with Gasteiger partial charge < -0.3 is 14.2 Å². The number of aryl methyl sites for hydroxylation is 1. The van der Waals surface area contributed by atoms with Gasteiger partial charge in [-0.1, -0.05) is 17.7 Å². The van der Waals surface area contributed by atoms with Crippen LogP contribution in [0.15, 0.2) is 40.4 Å². The third-order valence-corrected chi connectivity index (χ3v) is 5.64. The first-order valence-electron chi connectivity index (χ1n) is 9.41. The van der Waals surface area contributed by atoms with Crippen LogP contribution in [0.1, 0.15) is 11.1 Å². The van der Waals surface area contributed by atoms with E-state index in [1.807, 2.05) is 0 Å². The van der Waals surface area contributed by atoms with Crippen LogP contribution in [0.2, 0.25) is 5.02 Å². The Kier molecular flexibility index (Phi) is 7.39. The molecule has 0 aromatic heterocycles. The number of methoxy groups -OCH3 is 2. The molecule has 1 N–H and O–H groups in total. The quantitative estimate of drug-likeness (QED) is 0.340. The molecule has 4 amide bonds. The number of halogens is 2. The summed E-state index contributed by atoms with van der Waals surface area (Å²) in [7, 11) is 2.63. The SMILES string of the molecule is COC(=O)COc1c(Br)cc(/C=C2/C(=O)NC(=O)N(c3ccc(C)c(Cl)c3)C2=O)cc1OC. The molecule has 1 aliphatic rings. The highest BCUT2D eigenvalue weighted by atomic mass is 79.9. The highest BCUT2D eigenvalue weighted by Gasteiger charge is 2.37. The minimum Gasteiger partial charge on any atom is -0.493 e. The number of amides is 4. The third kappa shape index (κ3) is 5.18. The summed E-state index contributed by atoms with van der Waals surface area (Å²) in [5, 5.41) is 2.52. The van der Waals surface area contributed by atoms with Crippen LogP contribution in [0.25, 0.3) is 6.08 Å². The number of barbiturate groups is 1. The lowest BCUT2D eigenvalue weighted by Crippen LogP contribution is -2.54. The van der Waals surface area contributed by atoms with E-state index >= 15 is 0 Å². The fourth-order valence-electron chi connectivity index (χ4n) is 2.93. The smallest absolute Gasteiger partial charge is 0.343 e. The number of esters is 1. The van der Waals surface area contributed by atoms with Gasteiger partial charge in [0, 0.05) is 5.02 Å². The second kappa shape index (κ2) is 10.1. The lowest BCUT2D eigenvalue weighted by molar-refractivity contribution is -0.143. The standard InChI is InChI=1S/C22H18BrClN2O7/c1-11-4-5-13(9-16(11)24)26-21(29)14(20(28)25-22(26)30)6-12-7-15(23)19(17(8-12)31-2)33-10-18(27)32-3/h4-9H,10H2,1-3H3,(H,25,28,30)/b14-6-. The molecule has 2 aromatic carbocycles. The molecular formula is C22H18BrClN2O7. The van der Waals surface area contributed by atoms with Gasteiger partial charge >= 0.3 is 12.0 Å². The van der Waals surface area contributed by atoms with Crippen molar-refractivity contribution in [1.82, 2.24) is 5.32 Å². The van der Waals surface area contributed by atoms with E-state index in [4.69, 9.17) is 21.1 Å². The lowest BCUT2D eigenvalue weighted by atomic mass is 10.1. The number of nitrogens with one attached hydrogen (secondary N) is 1. The first kappa shape index (κ1) is 24.3. The minimum absolute atomic E-state index is 0.219. The molecule has 0 saturated carbocycles. The summed E-state index contributed by atoms with van der Waals surface area (Å²) in [6, 6.07) is 6.87. The number of ether oxygens (including phenoxy) is 3. The second-order valence-corrected chi connectivity index (χ2v) is 8.05. The Morgan fingerprint density at radius 1 is 1.18 bits per heavy atom. The van der Waals surface area contributed by atoms with E-state index in [1.165, 1.54) is 32.4 Å². The first-order valence-corrected chi connectivity index (χ1v) is 10.6. The fourth-order valence-corrected chi connectivity index (χ4v) is 3.68. The van der Waals surface area contributed by atoms with Gasteiger partial charge in [-0.05, 0) is 64.3 Å². The molecule has 0 aliphatic carbocycles. The van der Waals surface area contributed by atoms with E-state index in [-0.39, 0.29) is 29.4 Å². The van der Waals surface area contributed by atoms with Crippen LogP contribution in [0.3, 0.4) is 0 Å². The number of hydrogen-bond donors (Lipinski definition) is 1. The fraction of sp³-hybridized carbons (Fsp3) is 0.182. The van der Waals surface area contributed by atoms with Crippen molar-refractivity contribution in [3.05, 3.63) is 56.5 Å². The van der Waals surface area contributed by atoms with Gasteiger partial charge in [0.05, 0.1) is 24.4 Å². The summed E-state index contributed by atoms with van der Waals surface area (Å²) in [5.41, 5.74) is 1.11. The molecule has 0 spiro atoms. The van der Waals surface area contributed by atoms with Gasteiger partial charge in [-0.3, -0.25) is 14.9 Å². The molecule has 172 valence electrons. The van der Waals surface area contributed by atoms with Gasteiger partial charge in [-0.25, -0.2) is 14.5 Å². The average Bonchev–Trinajstić information content (AvgIpc) is 2.77. The zero-order valence-electron chi connectivity index (χ0n) is 17.7. The Labute approximate surface area is 202 Å². The summed E-state index contributed by atoms with van der Waals surface area (Å²) in [6.07, 6.45) is 1.31. The summed E-state index contributed by atoms with van der Waals surface area (Å²) < 4.78 is 15.7. The number of urea groups is 1. The Morgan fingerprint density at radius 2 is 1.91 bits per heavy atom. The molecule has 1 saturated heterocycles. The van der Waals surface area contributed by atoms with Gasteiger partial charge in [0.2, 0.25) is 0 Å². The number of nitrogens with zero attached hydrogens (tertiary/aromatic N) is 1. The number of anilines is 1. The van der Waals surface area contributed by atoms with Crippen molar-refractivity contribution >= 4 is 63.1 Å². The Morgan fingerprint density at radius 3 is 2.55 bits per heavy atom. The van der Waals surface area contributed by atoms with Crippen molar-refractivity contribution in [2.75, 3.05) is 25.7 Å². The lowest BCUT2D eigenvalue weighted by Gasteiger charge is -2.26. The van der Waals surface area contributed by atoms with E-state index in [2.05, 4.69) is 26.0 Å². The van der Waals surface area contributed by atoms with E-state index < -0.39 is 23.8 Å². The van der Waals surface area contributed by atoms with Crippen molar-refractivity contribution in [3.8, 4) is 11.5 Å². The maximum Gasteiger partial charge on any atom is 0.343 e. The van der Waals surface area contributed by atoms with Crippen LogP contribution in [0, 0.1) is 6.92 Å². The van der Waals surface area contributed by atoms with Crippen molar-refractivity contribution in [2.45, 2.75) is 6.92 Å². The largest absolute Gasteiger partial charge is 0.493 e. The molecule has 0 atom stereocenters. The van der Waals surface area contributed by atoms with Crippen molar-refractivity contribution < 1.29 is 33.4 Å². The maximum atomic E-state index is 13.1. The highest BCUT2D eigenvalue weighted by Crippen LogP contribution is 2.37. The predicted molar refractivity (Wildman–Crippen MR) is 123 cm³/mol. The number of carbonyl (C=O) groups excluding carboxylic acids is 4. The van der Waals surface area contributed by atoms with E-state index in [0.717, 1.165) is 10.5 Å². The summed E-state index contributed by atoms with van der Waals surface area (Å²) >= 11 is 9.46. The molecule has 11 heteroatoms. The molecule has 33 heavy (non-hydrogen) atoms. The van der Waals surface area contributed by atoms with Crippen LogP contribution < -0.4 is 19.7 Å². The van der Waals surface area contributed by atoms with Crippen LogP contribution in [0.5, 0.6) is 11.5 Å². The molecule has 9 nitrogen and oxygen atoms in total. The van der Waals surface area contributed by atoms with Crippen molar-refractivity contribution in [1.29, 1.82) is 0 Å². The first-order chi connectivity index (χ1) is 15.7. The number of hydrogen-bond acceptors (Lipinski definition) is 7. The zero-order chi connectivity index (χ0) is 24.3. The Bertz CT molecular complexity index is 1200. The highest BCUT2D eigenvalue weighted by molar-refractivity contribution is 9.10. The Balaban J connectivity index is 1.98. The van der Waals surface area contributed by atoms with Crippen LogP contribution in [-0.2, 0) is 19.1 Å². The molecule has 1 fully saturated rings. The van der Waals surface area contributed by atoms with Gasteiger partial charge in [0.25, 0.3) is 11.8 Å². The number of rotatable bonds is 6. The van der Waals surface area contributed by atoms with Gasteiger partial charge in [-0.2, -0.15) is 0 Å². The van der Waals surface area contributed by atoms with Crippen LogP contribution in [-0.4, -0.2) is 44.6 Å². The molecular weight excluding hydrogens is 520 g/mol. The maximum absolute atomic E-state index is 13.1. The normalized spacial score (nSPS) is 14.9. The predicted octanol–water partition coefficient (Wildman–Crippen LogP) is 3.64. The minimum atomic E-state index is -0.882. The molecule has 1 aliphatic heterocycles. The second-order valence-electron chi connectivity index (χ2n) is 6.79. The van der Waals surface area contributed by atoms with E-state index in [9.17, 15) is 19.2 Å². The topological polar surface area (TPSA) is 111 Å². The molecule has 0 unspecified atom stereocenters. The molecule has 2 aromatic rings. The number of imide groups is 2. The summed E-state index contributed by atoms with van der Waals surface area (Å²) in [6.45, 7) is 1.44. The van der Waals surface area contributed by atoms with Gasteiger partial charge in [0.15, 0.2) is 18.1 Å². The summed E-state index contributed by atoms with van der Waals surface area (Å²) in [5.74, 6) is -1.77. The van der Waals surface area contributed by atoms with Crippen molar-refractivity contribution in [3.63, 3.8) is 0 Å². The number of benzene rings is 2. The molecule has 0 radical (unpaired) electrons. The third-order valence-electron chi connectivity index (χ3n) is 4.64. The molecule has 1 heterocycles. The Hall–Kier alpha value is -3.37. The van der Waals surface area contributed by atoms with Crippen LogP contribution >= 0.6 is 27.5 Å². The van der Waals surface area contributed by atoms with E-state index in [1.54, 1.807) is 25.1 Å². The van der Waals surface area contributed by atoms with Gasteiger partial charge in [0.1, 0.15) is 5.57 Å². The van der Waals surface area contributed by atoms with Crippen LogP contribution in [0.4, 0.5) is 10.5 Å².